The molecule has 1 saturated heterocycles. The Labute approximate surface area is 121 Å². The van der Waals surface area contributed by atoms with Gasteiger partial charge in [-0.05, 0) is 49.8 Å². The van der Waals surface area contributed by atoms with Gasteiger partial charge >= 0.3 is 0 Å². The first-order chi connectivity index (χ1) is 9.65. The Balaban J connectivity index is 1.68. The normalized spacial score (nSPS) is 28.4. The minimum atomic E-state index is -0.395. The van der Waals surface area contributed by atoms with Gasteiger partial charge in [-0.15, -0.1) is 0 Å². The van der Waals surface area contributed by atoms with Gasteiger partial charge in [0, 0.05) is 19.1 Å². The number of aliphatic hydroxyl groups is 1. The monoisotopic (exact) mass is 275 g/mol. The van der Waals surface area contributed by atoms with Gasteiger partial charge in [-0.1, -0.05) is 18.2 Å². The highest BCUT2D eigenvalue weighted by atomic mass is 16.5. The number of ether oxygens (including phenoxy) is 1. The standard InChI is InChI=1S/C17H25NO2/c1-12-6-7-14(10-13(12)2)16(19)11-18-8-9-20-17-5-3-4-15(17)18/h6-7,10,15-17,19H,3-5,8-9,11H2,1-2H3. The van der Waals surface area contributed by atoms with Crippen LogP contribution in [0.1, 0.15) is 42.1 Å². The lowest BCUT2D eigenvalue weighted by Crippen LogP contribution is -2.49. The molecule has 0 spiro atoms. The van der Waals surface area contributed by atoms with Crippen LogP contribution in [0.2, 0.25) is 0 Å². The van der Waals surface area contributed by atoms with Gasteiger partial charge in [-0.3, -0.25) is 4.90 Å². The van der Waals surface area contributed by atoms with Crippen molar-refractivity contribution < 1.29 is 9.84 Å². The van der Waals surface area contributed by atoms with E-state index in [1.807, 2.05) is 0 Å². The molecule has 1 aromatic rings. The van der Waals surface area contributed by atoms with Gasteiger partial charge in [0.2, 0.25) is 0 Å². The molecule has 1 N–H and O–H groups in total. The zero-order valence-electron chi connectivity index (χ0n) is 12.5. The molecule has 1 aliphatic heterocycles. The third-order valence-electron chi connectivity index (χ3n) is 4.92. The van der Waals surface area contributed by atoms with Crippen LogP contribution in [0, 0.1) is 13.8 Å². The lowest BCUT2D eigenvalue weighted by Gasteiger charge is -2.38. The summed E-state index contributed by atoms with van der Waals surface area (Å²) in [7, 11) is 0. The van der Waals surface area contributed by atoms with Crippen molar-refractivity contribution in [3.63, 3.8) is 0 Å². The van der Waals surface area contributed by atoms with Crippen molar-refractivity contribution in [1.29, 1.82) is 0 Å². The molecule has 3 unspecified atom stereocenters. The Hall–Kier alpha value is -0.900. The van der Waals surface area contributed by atoms with E-state index in [0.29, 0.717) is 12.1 Å². The number of aliphatic hydroxyl groups excluding tert-OH is 1. The molecule has 0 aromatic heterocycles. The van der Waals surface area contributed by atoms with Crippen molar-refractivity contribution in [3.8, 4) is 0 Å². The number of hydrogen-bond acceptors (Lipinski definition) is 3. The second kappa shape index (κ2) is 5.84. The molecule has 2 aliphatic rings. The maximum atomic E-state index is 10.5. The van der Waals surface area contributed by atoms with Crippen LogP contribution in [-0.2, 0) is 4.74 Å². The minimum Gasteiger partial charge on any atom is -0.387 e. The minimum absolute atomic E-state index is 0.395. The molecule has 3 nitrogen and oxygen atoms in total. The zero-order valence-corrected chi connectivity index (χ0v) is 12.5. The van der Waals surface area contributed by atoms with Crippen LogP contribution in [0.5, 0.6) is 0 Å². The van der Waals surface area contributed by atoms with E-state index < -0.39 is 6.10 Å². The summed E-state index contributed by atoms with van der Waals surface area (Å²) >= 11 is 0. The Bertz CT molecular complexity index is 474. The highest BCUT2D eigenvalue weighted by Gasteiger charge is 2.36. The summed E-state index contributed by atoms with van der Waals surface area (Å²) in [4.78, 5) is 2.43. The number of rotatable bonds is 3. The number of benzene rings is 1. The van der Waals surface area contributed by atoms with Gasteiger partial charge in [0.1, 0.15) is 0 Å². The molecule has 1 heterocycles. The predicted molar refractivity (Wildman–Crippen MR) is 79.8 cm³/mol. The molecule has 1 saturated carbocycles. The van der Waals surface area contributed by atoms with Gasteiger partial charge < -0.3 is 9.84 Å². The smallest absolute Gasteiger partial charge is 0.0917 e. The summed E-state index contributed by atoms with van der Waals surface area (Å²) in [6, 6.07) is 6.79. The first-order valence-corrected chi connectivity index (χ1v) is 7.76. The first-order valence-electron chi connectivity index (χ1n) is 7.76. The van der Waals surface area contributed by atoms with E-state index in [1.54, 1.807) is 0 Å². The first kappa shape index (κ1) is 14.1. The number of hydrogen-bond donors (Lipinski definition) is 1. The van der Waals surface area contributed by atoms with Gasteiger partial charge in [0.05, 0.1) is 18.8 Å². The summed E-state index contributed by atoms with van der Waals surface area (Å²) in [5.41, 5.74) is 3.57. The quantitative estimate of drug-likeness (QED) is 0.920. The maximum absolute atomic E-state index is 10.5. The van der Waals surface area contributed by atoms with E-state index in [4.69, 9.17) is 4.74 Å². The predicted octanol–water partition coefficient (Wildman–Crippen LogP) is 2.59. The van der Waals surface area contributed by atoms with Gasteiger partial charge in [-0.25, -0.2) is 0 Å². The molecule has 0 bridgehead atoms. The summed E-state index contributed by atoms with van der Waals surface area (Å²) in [6.45, 7) is 6.70. The largest absolute Gasteiger partial charge is 0.387 e. The van der Waals surface area contributed by atoms with Crippen LogP contribution in [0.3, 0.4) is 0 Å². The average molecular weight is 275 g/mol. The number of fused-ring (bicyclic) bond motifs is 1. The molecule has 3 rings (SSSR count). The molecule has 1 aliphatic carbocycles. The summed E-state index contributed by atoms with van der Waals surface area (Å²) in [6.07, 6.45) is 3.65. The fraction of sp³-hybridized carbons (Fsp3) is 0.647. The molecule has 0 amide bonds. The average Bonchev–Trinajstić information content (AvgIpc) is 2.91. The van der Waals surface area contributed by atoms with Crippen molar-refractivity contribution in [2.75, 3.05) is 19.7 Å². The topological polar surface area (TPSA) is 32.7 Å². The Morgan fingerprint density at radius 3 is 2.95 bits per heavy atom. The number of aryl methyl sites for hydroxylation is 2. The number of morpholine rings is 1. The van der Waals surface area contributed by atoms with E-state index in [9.17, 15) is 5.11 Å². The maximum Gasteiger partial charge on any atom is 0.0917 e. The Morgan fingerprint density at radius 1 is 1.30 bits per heavy atom. The lowest BCUT2D eigenvalue weighted by atomic mass is 10.0. The SMILES string of the molecule is Cc1ccc(C(O)CN2CCOC3CCCC32)cc1C. The van der Waals surface area contributed by atoms with Crippen LogP contribution in [0.4, 0.5) is 0 Å². The van der Waals surface area contributed by atoms with Crippen LogP contribution in [-0.4, -0.2) is 41.8 Å². The molecule has 1 aromatic carbocycles. The van der Waals surface area contributed by atoms with Crippen molar-refractivity contribution in [3.05, 3.63) is 34.9 Å². The molecule has 2 fully saturated rings. The second-order valence-corrected chi connectivity index (χ2v) is 6.26. The summed E-state index contributed by atoms with van der Waals surface area (Å²) in [5.74, 6) is 0. The van der Waals surface area contributed by atoms with Gasteiger partial charge in [0.25, 0.3) is 0 Å². The third kappa shape index (κ3) is 2.76. The van der Waals surface area contributed by atoms with Crippen LogP contribution in [0.15, 0.2) is 18.2 Å². The van der Waals surface area contributed by atoms with Crippen molar-refractivity contribution in [2.45, 2.75) is 51.4 Å². The Morgan fingerprint density at radius 2 is 2.15 bits per heavy atom. The molecule has 0 radical (unpaired) electrons. The highest BCUT2D eigenvalue weighted by molar-refractivity contribution is 5.31. The van der Waals surface area contributed by atoms with Gasteiger partial charge in [-0.2, -0.15) is 0 Å². The molecule has 110 valence electrons. The third-order valence-corrected chi connectivity index (χ3v) is 4.92. The molecular weight excluding hydrogens is 250 g/mol. The fourth-order valence-electron chi connectivity index (χ4n) is 3.53. The van der Waals surface area contributed by atoms with Gasteiger partial charge in [0.15, 0.2) is 0 Å². The summed E-state index contributed by atoms with van der Waals surface area (Å²) < 4.78 is 5.83. The molecule has 3 atom stereocenters. The number of β-amino-alcohol motifs (C(OH)–C–C–N with tert-alkyl or cyclic N) is 1. The van der Waals surface area contributed by atoms with E-state index in [0.717, 1.165) is 25.3 Å². The molecule has 3 heteroatoms. The molecule has 20 heavy (non-hydrogen) atoms. The fourth-order valence-corrected chi connectivity index (χ4v) is 3.53. The van der Waals surface area contributed by atoms with Crippen LogP contribution >= 0.6 is 0 Å². The summed E-state index contributed by atoms with van der Waals surface area (Å²) in [5, 5.41) is 10.5. The second-order valence-electron chi connectivity index (χ2n) is 6.26. The van der Waals surface area contributed by atoms with Crippen molar-refractivity contribution in [2.24, 2.45) is 0 Å². The van der Waals surface area contributed by atoms with Crippen LogP contribution in [0.25, 0.3) is 0 Å². The van der Waals surface area contributed by atoms with E-state index >= 15 is 0 Å². The van der Waals surface area contributed by atoms with E-state index in [-0.39, 0.29) is 0 Å². The van der Waals surface area contributed by atoms with Crippen molar-refractivity contribution in [1.82, 2.24) is 4.90 Å². The van der Waals surface area contributed by atoms with E-state index in [1.165, 1.54) is 30.4 Å². The Kier molecular flexibility index (Phi) is 4.11. The van der Waals surface area contributed by atoms with Crippen LogP contribution < -0.4 is 0 Å². The molecular formula is C17H25NO2. The number of nitrogens with zero attached hydrogens (tertiary/aromatic N) is 1. The lowest BCUT2D eigenvalue weighted by molar-refractivity contribution is -0.0675. The zero-order chi connectivity index (χ0) is 14.1. The van der Waals surface area contributed by atoms with Crippen molar-refractivity contribution >= 4 is 0 Å². The van der Waals surface area contributed by atoms with E-state index in [2.05, 4.69) is 36.9 Å². The highest BCUT2D eigenvalue weighted by Crippen LogP contribution is 2.31.